The molecular formula is C38H40F3N7O3. The van der Waals surface area contributed by atoms with Crippen LogP contribution < -0.4 is 15.5 Å². The van der Waals surface area contributed by atoms with Gasteiger partial charge in [-0.3, -0.25) is 14.6 Å². The molecule has 5 aromatic rings. The number of amides is 1. The molecule has 1 aliphatic heterocycles. The molecule has 2 aromatic carbocycles. The fourth-order valence-corrected chi connectivity index (χ4v) is 7.41. The molecule has 4 heterocycles. The lowest BCUT2D eigenvalue weighted by Gasteiger charge is -2.29. The zero-order chi connectivity index (χ0) is 36.0. The quantitative estimate of drug-likeness (QED) is 0.138. The van der Waals surface area contributed by atoms with Gasteiger partial charge in [0.2, 0.25) is 11.7 Å². The van der Waals surface area contributed by atoms with E-state index in [1.807, 2.05) is 9.47 Å². The van der Waals surface area contributed by atoms with Crippen LogP contribution in [0.5, 0.6) is 0 Å². The minimum atomic E-state index is -4.65. The van der Waals surface area contributed by atoms with Crippen LogP contribution in [0.4, 0.5) is 24.5 Å². The second kappa shape index (κ2) is 13.6. The van der Waals surface area contributed by atoms with Crippen LogP contribution in [-0.4, -0.2) is 70.2 Å². The van der Waals surface area contributed by atoms with Crippen molar-refractivity contribution in [1.82, 2.24) is 24.4 Å². The van der Waals surface area contributed by atoms with Gasteiger partial charge in [-0.15, -0.1) is 0 Å². The molecule has 0 bridgehead atoms. The number of imidazole rings is 1. The fraction of sp³-hybridized carbons (Fsp3) is 0.368. The fourth-order valence-electron chi connectivity index (χ4n) is 7.41. The number of hydrogen-bond donors (Lipinski definition) is 2. The van der Waals surface area contributed by atoms with E-state index in [9.17, 15) is 22.8 Å². The standard InChI is InChI=1S/C38H40F3N7O3/c1-22-44-34-31(47(22)3)19-29(38(39,40)41)33-27-8-5-7-26-28(21-48(35(26)27)18-17-46(2)36(33)34)37(50)30-15-12-24(20-43-30)45-32(49)9-6-16-42-23-10-13-25(51-4)14-11-23/h5-9,12,15,19-21,23,25,42H,10-11,13-14,16-18H2,1-4H3,(H,45,49)/b9-6+. The van der Waals surface area contributed by atoms with Crippen LogP contribution in [0.1, 0.15) is 53.1 Å². The van der Waals surface area contributed by atoms with E-state index in [1.165, 1.54) is 24.4 Å². The third-order valence-electron chi connectivity index (χ3n) is 10.2. The number of nitrogens with zero attached hydrogens (tertiary/aromatic N) is 5. The summed E-state index contributed by atoms with van der Waals surface area (Å²) in [4.78, 5) is 37.3. The summed E-state index contributed by atoms with van der Waals surface area (Å²) in [6, 6.07) is 9.84. The molecule has 1 fully saturated rings. The Hall–Kier alpha value is -5.01. The van der Waals surface area contributed by atoms with Crippen molar-refractivity contribution < 1.29 is 27.5 Å². The van der Waals surface area contributed by atoms with Gasteiger partial charge in [0, 0.05) is 81.2 Å². The molecule has 0 atom stereocenters. The number of ketones is 1. The van der Waals surface area contributed by atoms with E-state index in [0.717, 1.165) is 25.7 Å². The molecule has 0 spiro atoms. The first-order valence-electron chi connectivity index (χ1n) is 17.1. The Labute approximate surface area is 293 Å². The molecule has 1 aliphatic carbocycles. The van der Waals surface area contributed by atoms with Crippen LogP contribution in [0.15, 0.2) is 60.9 Å². The lowest BCUT2D eigenvalue weighted by atomic mass is 9.92. The first-order valence-corrected chi connectivity index (χ1v) is 17.1. The molecule has 3 aromatic heterocycles. The third-order valence-corrected chi connectivity index (χ3v) is 10.2. The minimum Gasteiger partial charge on any atom is -0.381 e. The van der Waals surface area contributed by atoms with Crippen LogP contribution in [0.25, 0.3) is 33.1 Å². The third kappa shape index (κ3) is 6.51. The number of alkyl halides is 3. The van der Waals surface area contributed by atoms with E-state index in [0.29, 0.717) is 82.0 Å². The van der Waals surface area contributed by atoms with Gasteiger partial charge in [-0.2, -0.15) is 13.2 Å². The highest BCUT2D eigenvalue weighted by molar-refractivity contribution is 6.18. The highest BCUT2D eigenvalue weighted by Crippen LogP contribution is 2.49. The average Bonchev–Trinajstić information content (AvgIpc) is 3.63. The largest absolute Gasteiger partial charge is 0.417 e. The zero-order valence-corrected chi connectivity index (χ0v) is 29.0. The highest BCUT2D eigenvalue weighted by Gasteiger charge is 2.39. The molecule has 2 N–H and O–H groups in total. The molecule has 13 heteroatoms. The van der Waals surface area contributed by atoms with Crippen LogP contribution in [0.2, 0.25) is 0 Å². The van der Waals surface area contributed by atoms with Gasteiger partial charge in [-0.1, -0.05) is 24.3 Å². The number of hydrogen-bond acceptors (Lipinski definition) is 7. The molecule has 0 radical (unpaired) electrons. The number of carbonyl (C=O) groups excluding carboxylic acids is 2. The van der Waals surface area contributed by atoms with E-state index in [-0.39, 0.29) is 22.9 Å². The Balaban J connectivity index is 1.15. The Morgan fingerprint density at radius 2 is 1.86 bits per heavy atom. The Bertz CT molecular complexity index is 2160. The molecule has 0 unspecified atom stereocenters. The number of fused-ring (bicyclic) bond motifs is 4. The minimum absolute atomic E-state index is 0.0384. The van der Waals surface area contributed by atoms with Gasteiger partial charge in [0.25, 0.3) is 0 Å². The Morgan fingerprint density at radius 3 is 2.57 bits per heavy atom. The van der Waals surface area contributed by atoms with Crippen molar-refractivity contribution in [2.45, 2.75) is 57.5 Å². The van der Waals surface area contributed by atoms with Crippen LogP contribution in [0.3, 0.4) is 0 Å². The number of aryl methyl sites for hydroxylation is 2. The SMILES string of the molecule is COC1CCC(NC/C=C/C(=O)Nc2ccc(C(=O)c3cn4c5c(cccc35)-c3c(C(F)(F)F)cc5c(nc(C)n5C)c3N(C)CC4)nc2)CC1. The van der Waals surface area contributed by atoms with Crippen molar-refractivity contribution in [3.8, 4) is 11.1 Å². The van der Waals surface area contributed by atoms with Crippen molar-refractivity contribution in [3.63, 3.8) is 0 Å². The summed E-state index contributed by atoms with van der Waals surface area (Å²) in [5.41, 5.74) is 2.41. The summed E-state index contributed by atoms with van der Waals surface area (Å²) in [6.45, 7) is 3.16. The zero-order valence-electron chi connectivity index (χ0n) is 29.0. The van der Waals surface area contributed by atoms with E-state index < -0.39 is 11.7 Å². The predicted molar refractivity (Wildman–Crippen MR) is 191 cm³/mol. The lowest BCUT2D eigenvalue weighted by molar-refractivity contribution is -0.137. The number of rotatable bonds is 8. The van der Waals surface area contributed by atoms with Crippen LogP contribution >= 0.6 is 0 Å². The molecule has 10 nitrogen and oxygen atoms in total. The number of nitrogens with one attached hydrogen (secondary N) is 2. The van der Waals surface area contributed by atoms with E-state index in [4.69, 9.17) is 4.74 Å². The number of pyridine rings is 1. The van der Waals surface area contributed by atoms with Gasteiger partial charge in [0.1, 0.15) is 17.0 Å². The number of aromatic nitrogens is 4. The summed E-state index contributed by atoms with van der Waals surface area (Å²) < 4.78 is 53.5. The smallest absolute Gasteiger partial charge is 0.381 e. The van der Waals surface area contributed by atoms with Crippen molar-refractivity contribution in [1.29, 1.82) is 0 Å². The molecule has 1 amide bonds. The number of carbonyl (C=O) groups is 2. The van der Waals surface area contributed by atoms with Crippen LogP contribution in [0, 0.1) is 6.92 Å². The molecular weight excluding hydrogens is 659 g/mol. The number of methoxy groups -OCH3 is 1. The van der Waals surface area contributed by atoms with E-state index in [2.05, 4.69) is 20.6 Å². The van der Waals surface area contributed by atoms with Gasteiger partial charge in [0.05, 0.1) is 40.3 Å². The van der Waals surface area contributed by atoms with Gasteiger partial charge < -0.3 is 29.4 Å². The van der Waals surface area contributed by atoms with Crippen molar-refractivity contribution in [2.75, 3.05) is 37.5 Å². The van der Waals surface area contributed by atoms with Crippen molar-refractivity contribution in [3.05, 3.63) is 83.6 Å². The number of anilines is 2. The molecule has 7 rings (SSSR count). The van der Waals surface area contributed by atoms with Gasteiger partial charge in [0.15, 0.2) is 0 Å². The molecule has 0 saturated heterocycles. The number of para-hydroxylation sites is 1. The Kier molecular flexibility index (Phi) is 9.19. The first-order chi connectivity index (χ1) is 24.4. The number of benzene rings is 2. The predicted octanol–water partition coefficient (Wildman–Crippen LogP) is 6.64. The summed E-state index contributed by atoms with van der Waals surface area (Å²) in [5.74, 6) is -0.0859. The number of likely N-dealkylation sites (N-methyl/N-ethyl adjacent to an activating group) is 1. The summed E-state index contributed by atoms with van der Waals surface area (Å²) in [6.07, 6.45) is 6.17. The van der Waals surface area contributed by atoms with Gasteiger partial charge >= 0.3 is 6.18 Å². The van der Waals surface area contributed by atoms with E-state index in [1.54, 1.807) is 69.2 Å². The topological polar surface area (TPSA) is 106 Å². The maximum atomic E-state index is 14.8. The maximum Gasteiger partial charge on any atom is 0.417 e. The monoisotopic (exact) mass is 699 g/mol. The Morgan fingerprint density at radius 1 is 1.08 bits per heavy atom. The summed E-state index contributed by atoms with van der Waals surface area (Å²) >= 11 is 0. The van der Waals surface area contributed by atoms with Crippen molar-refractivity contribution in [2.24, 2.45) is 7.05 Å². The molecule has 51 heavy (non-hydrogen) atoms. The molecule has 1 saturated carbocycles. The highest BCUT2D eigenvalue weighted by atomic mass is 19.4. The molecule has 2 aliphatic rings. The van der Waals surface area contributed by atoms with E-state index >= 15 is 0 Å². The average molecular weight is 700 g/mol. The first kappa shape index (κ1) is 34.4. The maximum absolute atomic E-state index is 14.8. The summed E-state index contributed by atoms with van der Waals surface area (Å²) in [7, 11) is 5.23. The summed E-state index contributed by atoms with van der Waals surface area (Å²) in [5, 5.41) is 6.75. The second-order valence-corrected chi connectivity index (χ2v) is 13.4. The van der Waals surface area contributed by atoms with Gasteiger partial charge in [-0.05, 0) is 50.8 Å². The second-order valence-electron chi connectivity index (χ2n) is 13.4. The van der Waals surface area contributed by atoms with Gasteiger partial charge in [-0.25, -0.2) is 4.98 Å². The van der Waals surface area contributed by atoms with Crippen LogP contribution in [-0.2, 0) is 29.3 Å². The van der Waals surface area contributed by atoms with Crippen molar-refractivity contribution >= 4 is 45.0 Å². The lowest BCUT2D eigenvalue weighted by Crippen LogP contribution is -2.35. The normalized spacial score (nSPS) is 17.9. The number of halogens is 3. The number of ether oxygens (including phenoxy) is 1. The molecule has 266 valence electrons.